The lowest BCUT2D eigenvalue weighted by molar-refractivity contribution is -0.133. The van der Waals surface area contributed by atoms with Crippen LogP contribution < -0.4 is 5.32 Å². The lowest BCUT2D eigenvalue weighted by Crippen LogP contribution is -2.45. The first-order valence-electron chi connectivity index (χ1n) is 8.89. The molecule has 0 aromatic heterocycles. The standard InChI is InChI=1S/C17H33N3O.2ClH/c1-3-12-20-13-8-16(9-14-20)19(2)17(21)5-4-15-6-10-18-11-7-15;;/h15-16,18H,3-14H2,1-2H3;2*1H. The van der Waals surface area contributed by atoms with E-state index in [9.17, 15) is 4.79 Å². The molecule has 0 aromatic carbocycles. The number of nitrogens with zero attached hydrogens (tertiary/aromatic N) is 2. The largest absolute Gasteiger partial charge is 0.343 e. The highest BCUT2D eigenvalue weighted by Crippen LogP contribution is 2.20. The van der Waals surface area contributed by atoms with Gasteiger partial charge in [-0.25, -0.2) is 0 Å². The predicted molar refractivity (Wildman–Crippen MR) is 102 cm³/mol. The van der Waals surface area contributed by atoms with Gasteiger partial charge in [0.15, 0.2) is 0 Å². The first-order chi connectivity index (χ1) is 10.2. The maximum Gasteiger partial charge on any atom is 0.222 e. The van der Waals surface area contributed by atoms with Gasteiger partial charge in [-0.05, 0) is 64.1 Å². The molecule has 2 heterocycles. The highest BCUT2D eigenvalue weighted by molar-refractivity contribution is 5.85. The van der Waals surface area contributed by atoms with Crippen molar-refractivity contribution in [1.82, 2.24) is 15.1 Å². The van der Waals surface area contributed by atoms with Gasteiger partial charge >= 0.3 is 0 Å². The molecule has 0 bridgehead atoms. The van der Waals surface area contributed by atoms with Crippen molar-refractivity contribution >= 4 is 30.7 Å². The second kappa shape index (κ2) is 12.3. The molecule has 4 nitrogen and oxygen atoms in total. The summed E-state index contributed by atoms with van der Waals surface area (Å²) in [6.07, 6.45) is 7.84. The van der Waals surface area contributed by atoms with Crippen LogP contribution in [0.1, 0.15) is 51.9 Å². The molecule has 6 heteroatoms. The fraction of sp³-hybridized carbons (Fsp3) is 0.941. The quantitative estimate of drug-likeness (QED) is 0.783. The zero-order valence-corrected chi connectivity index (χ0v) is 16.4. The average Bonchev–Trinajstić information content (AvgIpc) is 2.54. The van der Waals surface area contributed by atoms with Crippen LogP contribution in [-0.2, 0) is 4.79 Å². The Kier molecular flexibility index (Phi) is 12.3. The van der Waals surface area contributed by atoms with Crippen molar-refractivity contribution in [2.45, 2.75) is 57.9 Å². The van der Waals surface area contributed by atoms with Gasteiger partial charge in [0, 0.05) is 32.6 Å². The number of amides is 1. The van der Waals surface area contributed by atoms with Gasteiger partial charge in [0.1, 0.15) is 0 Å². The number of nitrogens with one attached hydrogen (secondary N) is 1. The maximum absolute atomic E-state index is 12.4. The lowest BCUT2D eigenvalue weighted by Gasteiger charge is -2.37. The summed E-state index contributed by atoms with van der Waals surface area (Å²) in [4.78, 5) is 17.0. The van der Waals surface area contributed by atoms with Crippen LogP contribution >= 0.6 is 24.8 Å². The van der Waals surface area contributed by atoms with Gasteiger partial charge in [0.25, 0.3) is 0 Å². The molecule has 2 fully saturated rings. The normalized spacial score (nSPS) is 20.4. The molecule has 138 valence electrons. The van der Waals surface area contributed by atoms with E-state index >= 15 is 0 Å². The van der Waals surface area contributed by atoms with Crippen molar-refractivity contribution in [2.24, 2.45) is 5.92 Å². The van der Waals surface area contributed by atoms with Crippen LogP contribution in [0.25, 0.3) is 0 Å². The van der Waals surface area contributed by atoms with Gasteiger partial charge in [0.2, 0.25) is 5.91 Å². The van der Waals surface area contributed by atoms with Crippen LogP contribution in [0.2, 0.25) is 0 Å². The van der Waals surface area contributed by atoms with E-state index in [-0.39, 0.29) is 24.8 Å². The van der Waals surface area contributed by atoms with Crippen LogP contribution in [0.4, 0.5) is 0 Å². The molecule has 0 saturated carbocycles. The number of rotatable bonds is 6. The zero-order valence-electron chi connectivity index (χ0n) is 14.8. The summed E-state index contributed by atoms with van der Waals surface area (Å²) in [5.74, 6) is 1.12. The number of likely N-dealkylation sites (tertiary alicyclic amines) is 1. The monoisotopic (exact) mass is 367 g/mol. The van der Waals surface area contributed by atoms with Crippen molar-refractivity contribution in [3.05, 3.63) is 0 Å². The lowest BCUT2D eigenvalue weighted by atomic mass is 9.92. The molecule has 2 aliphatic rings. The fourth-order valence-corrected chi connectivity index (χ4v) is 3.72. The van der Waals surface area contributed by atoms with E-state index in [1.165, 1.54) is 25.8 Å². The molecule has 23 heavy (non-hydrogen) atoms. The van der Waals surface area contributed by atoms with Crippen molar-refractivity contribution in [2.75, 3.05) is 39.8 Å². The molecule has 0 unspecified atom stereocenters. The maximum atomic E-state index is 12.4. The van der Waals surface area contributed by atoms with Crippen LogP contribution in [0, 0.1) is 5.92 Å². The van der Waals surface area contributed by atoms with Gasteiger partial charge in [-0.2, -0.15) is 0 Å². The highest BCUT2D eigenvalue weighted by Gasteiger charge is 2.25. The van der Waals surface area contributed by atoms with Crippen molar-refractivity contribution in [3.8, 4) is 0 Å². The van der Waals surface area contributed by atoms with Crippen molar-refractivity contribution in [1.29, 1.82) is 0 Å². The molecule has 0 spiro atoms. The van der Waals surface area contributed by atoms with E-state index in [1.807, 2.05) is 11.9 Å². The van der Waals surface area contributed by atoms with Crippen LogP contribution in [0.3, 0.4) is 0 Å². The third kappa shape index (κ3) is 7.59. The van der Waals surface area contributed by atoms with Gasteiger partial charge < -0.3 is 15.1 Å². The third-order valence-corrected chi connectivity index (χ3v) is 5.26. The predicted octanol–water partition coefficient (Wildman–Crippen LogP) is 2.94. The Morgan fingerprint density at radius 2 is 1.74 bits per heavy atom. The van der Waals surface area contributed by atoms with Crippen LogP contribution in [0.5, 0.6) is 0 Å². The highest BCUT2D eigenvalue weighted by atomic mass is 35.5. The van der Waals surface area contributed by atoms with Gasteiger partial charge in [0.05, 0.1) is 0 Å². The molecule has 1 amide bonds. The molecule has 2 aliphatic heterocycles. The summed E-state index contributed by atoms with van der Waals surface area (Å²) in [6, 6.07) is 0.471. The number of hydrogen-bond donors (Lipinski definition) is 1. The molecule has 0 aromatic rings. The third-order valence-electron chi connectivity index (χ3n) is 5.26. The van der Waals surface area contributed by atoms with E-state index in [1.54, 1.807) is 0 Å². The number of halogens is 2. The summed E-state index contributed by atoms with van der Waals surface area (Å²) in [5.41, 5.74) is 0. The Balaban J connectivity index is 0.00000242. The number of carbonyl (C=O) groups is 1. The molecule has 0 radical (unpaired) electrons. The smallest absolute Gasteiger partial charge is 0.222 e. The minimum absolute atomic E-state index is 0. The molecule has 0 atom stereocenters. The summed E-state index contributed by atoms with van der Waals surface area (Å²) in [6.45, 7) is 8.02. The van der Waals surface area contributed by atoms with E-state index in [0.29, 0.717) is 11.9 Å². The molecular formula is C17H35Cl2N3O. The minimum Gasteiger partial charge on any atom is -0.343 e. The number of carbonyl (C=O) groups excluding carboxylic acids is 1. The van der Waals surface area contributed by atoms with Gasteiger partial charge in [-0.15, -0.1) is 24.8 Å². The van der Waals surface area contributed by atoms with E-state index in [0.717, 1.165) is 57.8 Å². The van der Waals surface area contributed by atoms with E-state index < -0.39 is 0 Å². The first-order valence-corrected chi connectivity index (χ1v) is 8.89. The van der Waals surface area contributed by atoms with Gasteiger partial charge in [-0.3, -0.25) is 4.79 Å². The Hall–Kier alpha value is -0.0300. The minimum atomic E-state index is 0. The molecule has 2 rings (SSSR count). The Morgan fingerprint density at radius 3 is 2.30 bits per heavy atom. The molecule has 0 aliphatic carbocycles. The SMILES string of the molecule is CCCN1CCC(N(C)C(=O)CCC2CCNCC2)CC1.Cl.Cl. The Bertz CT molecular complexity index is 317. The number of hydrogen-bond acceptors (Lipinski definition) is 3. The topological polar surface area (TPSA) is 35.6 Å². The second-order valence-corrected chi connectivity index (χ2v) is 6.81. The van der Waals surface area contributed by atoms with Crippen molar-refractivity contribution in [3.63, 3.8) is 0 Å². The first kappa shape index (κ1) is 23.0. The zero-order chi connectivity index (χ0) is 15.1. The Morgan fingerprint density at radius 1 is 1.13 bits per heavy atom. The second-order valence-electron chi connectivity index (χ2n) is 6.81. The molecular weight excluding hydrogens is 333 g/mol. The van der Waals surface area contributed by atoms with Crippen LogP contribution in [-0.4, -0.2) is 61.5 Å². The average molecular weight is 368 g/mol. The van der Waals surface area contributed by atoms with Gasteiger partial charge in [-0.1, -0.05) is 6.92 Å². The summed E-state index contributed by atoms with van der Waals surface area (Å²) < 4.78 is 0. The summed E-state index contributed by atoms with van der Waals surface area (Å²) in [7, 11) is 2.02. The fourth-order valence-electron chi connectivity index (χ4n) is 3.72. The number of piperidine rings is 2. The Labute approximate surface area is 154 Å². The van der Waals surface area contributed by atoms with E-state index in [4.69, 9.17) is 0 Å². The summed E-state index contributed by atoms with van der Waals surface area (Å²) in [5, 5.41) is 3.39. The van der Waals surface area contributed by atoms with Crippen molar-refractivity contribution < 1.29 is 4.79 Å². The molecule has 1 N–H and O–H groups in total. The summed E-state index contributed by atoms with van der Waals surface area (Å²) >= 11 is 0. The molecule has 2 saturated heterocycles. The van der Waals surface area contributed by atoms with E-state index in [2.05, 4.69) is 17.1 Å². The van der Waals surface area contributed by atoms with Crippen LogP contribution in [0.15, 0.2) is 0 Å².